The second kappa shape index (κ2) is 7.55. The Bertz CT molecular complexity index is 1070. The molecule has 4 rings (SSSR count). The van der Waals surface area contributed by atoms with Crippen molar-refractivity contribution in [2.24, 2.45) is 0 Å². The molecule has 0 spiro atoms. The van der Waals surface area contributed by atoms with E-state index in [2.05, 4.69) is 5.32 Å². The standard InChI is InChI=1S/C19H12F2N2O5S/c20-11-2-3-13(12(21)7-11)22-17(24)8-23-18(25)16(29-19(23)26)6-10-1-4-14-15(5-10)28-9-27-14/h1-7H,8-9H2,(H,22,24). The Balaban J connectivity index is 1.46. The summed E-state index contributed by atoms with van der Waals surface area (Å²) in [5.41, 5.74) is 0.372. The van der Waals surface area contributed by atoms with Gasteiger partial charge in [0.15, 0.2) is 11.5 Å². The van der Waals surface area contributed by atoms with Crippen LogP contribution in [0.1, 0.15) is 5.56 Å². The van der Waals surface area contributed by atoms with Crippen molar-refractivity contribution in [1.82, 2.24) is 4.90 Å². The summed E-state index contributed by atoms with van der Waals surface area (Å²) in [6.07, 6.45) is 1.50. The summed E-state index contributed by atoms with van der Waals surface area (Å²) in [5.74, 6) is -2.08. The van der Waals surface area contributed by atoms with Gasteiger partial charge >= 0.3 is 0 Å². The second-order valence-electron chi connectivity index (χ2n) is 6.05. The fraction of sp³-hybridized carbons (Fsp3) is 0.105. The molecule has 1 saturated heterocycles. The number of amides is 3. The van der Waals surface area contributed by atoms with Crippen molar-refractivity contribution in [3.8, 4) is 11.5 Å². The van der Waals surface area contributed by atoms with Crippen molar-refractivity contribution in [3.05, 3.63) is 58.5 Å². The normalized spacial score (nSPS) is 16.6. The Kier molecular flexibility index (Phi) is 4.93. The number of anilines is 1. The second-order valence-corrected chi connectivity index (χ2v) is 7.05. The molecule has 2 aliphatic rings. The molecular formula is C19H12F2N2O5S. The first-order valence-electron chi connectivity index (χ1n) is 8.30. The van der Waals surface area contributed by atoms with Gasteiger partial charge in [0.1, 0.15) is 18.2 Å². The molecule has 0 saturated carbocycles. The number of ether oxygens (including phenoxy) is 2. The summed E-state index contributed by atoms with van der Waals surface area (Å²) >= 11 is 0.686. The molecule has 0 unspecified atom stereocenters. The smallest absolute Gasteiger partial charge is 0.294 e. The van der Waals surface area contributed by atoms with Crippen molar-refractivity contribution >= 4 is 40.6 Å². The lowest BCUT2D eigenvalue weighted by Gasteiger charge is -2.12. The molecule has 0 atom stereocenters. The number of nitrogens with one attached hydrogen (secondary N) is 1. The van der Waals surface area contributed by atoms with Gasteiger partial charge in [-0.05, 0) is 47.7 Å². The van der Waals surface area contributed by atoms with Crippen LogP contribution in [0.3, 0.4) is 0 Å². The number of carbonyl (C=O) groups excluding carboxylic acids is 3. The monoisotopic (exact) mass is 418 g/mol. The molecule has 0 bridgehead atoms. The molecule has 0 aliphatic carbocycles. The number of benzene rings is 2. The summed E-state index contributed by atoms with van der Waals surface area (Å²) in [4.78, 5) is 37.7. The largest absolute Gasteiger partial charge is 0.454 e. The van der Waals surface area contributed by atoms with Gasteiger partial charge in [0.25, 0.3) is 11.1 Å². The van der Waals surface area contributed by atoms with Gasteiger partial charge in [0.05, 0.1) is 10.6 Å². The van der Waals surface area contributed by atoms with E-state index < -0.39 is 35.2 Å². The summed E-state index contributed by atoms with van der Waals surface area (Å²) in [5, 5.41) is 1.58. The molecule has 0 aromatic heterocycles. The number of hydrogen-bond donors (Lipinski definition) is 1. The van der Waals surface area contributed by atoms with E-state index in [9.17, 15) is 23.2 Å². The number of nitrogens with zero attached hydrogens (tertiary/aromatic N) is 1. The van der Waals surface area contributed by atoms with E-state index in [1.807, 2.05) is 0 Å². The van der Waals surface area contributed by atoms with Gasteiger partial charge in [-0.25, -0.2) is 8.78 Å². The SMILES string of the molecule is O=C(CN1C(=O)SC(=Cc2ccc3c(c2)OCO3)C1=O)Nc1ccc(F)cc1F. The van der Waals surface area contributed by atoms with Crippen LogP contribution >= 0.6 is 11.8 Å². The lowest BCUT2D eigenvalue weighted by Crippen LogP contribution is -2.36. The zero-order chi connectivity index (χ0) is 20.5. The van der Waals surface area contributed by atoms with E-state index in [4.69, 9.17) is 9.47 Å². The van der Waals surface area contributed by atoms with Crippen molar-refractivity contribution in [2.45, 2.75) is 0 Å². The van der Waals surface area contributed by atoms with E-state index in [1.165, 1.54) is 6.08 Å². The third-order valence-electron chi connectivity index (χ3n) is 4.07. The molecule has 1 N–H and O–H groups in total. The lowest BCUT2D eigenvalue weighted by atomic mass is 10.2. The van der Waals surface area contributed by atoms with E-state index in [-0.39, 0.29) is 17.4 Å². The van der Waals surface area contributed by atoms with Crippen molar-refractivity contribution in [3.63, 3.8) is 0 Å². The molecular weight excluding hydrogens is 406 g/mol. The maximum Gasteiger partial charge on any atom is 0.294 e. The van der Waals surface area contributed by atoms with Crippen LogP contribution in [0.2, 0.25) is 0 Å². The van der Waals surface area contributed by atoms with Crippen LogP contribution in [-0.4, -0.2) is 35.3 Å². The van der Waals surface area contributed by atoms with Crippen LogP contribution in [0, 0.1) is 11.6 Å². The summed E-state index contributed by atoms with van der Waals surface area (Å²) < 4.78 is 37.1. The first kappa shape index (κ1) is 18.9. The molecule has 2 aromatic carbocycles. The Morgan fingerprint density at radius 2 is 1.93 bits per heavy atom. The van der Waals surface area contributed by atoms with Gasteiger partial charge in [0, 0.05) is 6.07 Å². The van der Waals surface area contributed by atoms with Crippen LogP contribution in [0.15, 0.2) is 41.3 Å². The molecule has 0 radical (unpaired) electrons. The van der Waals surface area contributed by atoms with E-state index in [1.54, 1.807) is 18.2 Å². The first-order valence-corrected chi connectivity index (χ1v) is 9.12. The minimum Gasteiger partial charge on any atom is -0.454 e. The molecule has 1 fully saturated rings. The number of imide groups is 1. The number of hydrogen-bond acceptors (Lipinski definition) is 6. The molecule has 3 amide bonds. The van der Waals surface area contributed by atoms with Gasteiger partial charge in [-0.3, -0.25) is 19.3 Å². The molecule has 10 heteroatoms. The minimum absolute atomic E-state index is 0.110. The van der Waals surface area contributed by atoms with E-state index in [0.29, 0.717) is 34.9 Å². The highest BCUT2D eigenvalue weighted by Crippen LogP contribution is 2.36. The van der Waals surface area contributed by atoms with Crippen molar-refractivity contribution in [1.29, 1.82) is 0 Å². The predicted molar refractivity (Wildman–Crippen MR) is 100 cm³/mol. The Hall–Kier alpha value is -3.40. The summed E-state index contributed by atoms with van der Waals surface area (Å²) in [7, 11) is 0. The number of rotatable bonds is 4. The number of carbonyl (C=O) groups is 3. The Labute approximate surface area is 167 Å². The fourth-order valence-electron chi connectivity index (χ4n) is 2.71. The maximum absolute atomic E-state index is 13.6. The van der Waals surface area contributed by atoms with Crippen LogP contribution < -0.4 is 14.8 Å². The first-order chi connectivity index (χ1) is 13.9. The van der Waals surface area contributed by atoms with E-state index in [0.717, 1.165) is 17.0 Å². The molecule has 2 aliphatic heterocycles. The number of fused-ring (bicyclic) bond motifs is 1. The van der Waals surface area contributed by atoms with Crippen LogP contribution in [-0.2, 0) is 9.59 Å². The average molecular weight is 418 g/mol. The van der Waals surface area contributed by atoms with Gasteiger partial charge < -0.3 is 14.8 Å². The van der Waals surface area contributed by atoms with Crippen molar-refractivity contribution < 1.29 is 32.6 Å². The molecule has 2 aromatic rings. The summed E-state index contributed by atoms with van der Waals surface area (Å²) in [6, 6.07) is 7.70. The third kappa shape index (κ3) is 3.92. The van der Waals surface area contributed by atoms with Gasteiger partial charge in [-0.1, -0.05) is 6.07 Å². The zero-order valence-electron chi connectivity index (χ0n) is 14.6. The molecule has 29 heavy (non-hydrogen) atoms. The number of halogens is 2. The molecule has 2 heterocycles. The van der Waals surface area contributed by atoms with Crippen LogP contribution in [0.25, 0.3) is 6.08 Å². The maximum atomic E-state index is 13.6. The molecule has 7 nitrogen and oxygen atoms in total. The lowest BCUT2D eigenvalue weighted by molar-refractivity contribution is -0.127. The third-order valence-corrected chi connectivity index (χ3v) is 4.98. The Morgan fingerprint density at radius 3 is 2.72 bits per heavy atom. The quantitative estimate of drug-likeness (QED) is 0.767. The van der Waals surface area contributed by atoms with Crippen LogP contribution in [0.5, 0.6) is 11.5 Å². The van der Waals surface area contributed by atoms with Gasteiger partial charge in [0.2, 0.25) is 12.7 Å². The Morgan fingerprint density at radius 1 is 1.14 bits per heavy atom. The van der Waals surface area contributed by atoms with Gasteiger partial charge in [-0.2, -0.15) is 0 Å². The highest BCUT2D eigenvalue weighted by molar-refractivity contribution is 8.18. The highest BCUT2D eigenvalue weighted by atomic mass is 32.2. The fourth-order valence-corrected chi connectivity index (χ4v) is 3.55. The van der Waals surface area contributed by atoms with Gasteiger partial charge in [-0.15, -0.1) is 0 Å². The van der Waals surface area contributed by atoms with Crippen LogP contribution in [0.4, 0.5) is 19.3 Å². The number of thioether (sulfide) groups is 1. The van der Waals surface area contributed by atoms with Crippen molar-refractivity contribution in [2.75, 3.05) is 18.7 Å². The topological polar surface area (TPSA) is 84.9 Å². The highest BCUT2D eigenvalue weighted by Gasteiger charge is 2.36. The van der Waals surface area contributed by atoms with E-state index >= 15 is 0 Å². The molecule has 148 valence electrons. The minimum atomic E-state index is -0.963. The average Bonchev–Trinajstić information content (AvgIpc) is 3.24. The predicted octanol–water partition coefficient (Wildman–Crippen LogP) is 3.37. The zero-order valence-corrected chi connectivity index (χ0v) is 15.4. The summed E-state index contributed by atoms with van der Waals surface area (Å²) in [6.45, 7) is -0.487.